The summed E-state index contributed by atoms with van der Waals surface area (Å²) in [5.74, 6) is 0.120. The van der Waals surface area contributed by atoms with Gasteiger partial charge in [-0.1, -0.05) is 43.1 Å². The summed E-state index contributed by atoms with van der Waals surface area (Å²) in [5.41, 5.74) is 6.29. The largest absolute Gasteiger partial charge is 0.330 e. The maximum Gasteiger partial charge on any atom is 0.246 e. The van der Waals surface area contributed by atoms with Crippen molar-refractivity contribution in [3.8, 4) is 0 Å². The molecule has 1 aliphatic rings. The summed E-state index contributed by atoms with van der Waals surface area (Å²) in [4.78, 5) is -0.000644. The summed E-state index contributed by atoms with van der Waals surface area (Å²) < 4.78 is 27.2. The molecule has 1 atom stereocenters. The minimum Gasteiger partial charge on any atom is -0.330 e. The highest BCUT2D eigenvalue weighted by molar-refractivity contribution is 7.89. The maximum absolute atomic E-state index is 12.9. The van der Waals surface area contributed by atoms with Gasteiger partial charge in [-0.15, -0.1) is 0 Å². The fourth-order valence-corrected chi connectivity index (χ4v) is 5.51. The Hall–Kier alpha value is -0.330. The lowest BCUT2D eigenvalue weighted by molar-refractivity contribution is 0.292. The Bertz CT molecular complexity index is 659. The molecule has 0 aliphatic carbocycles. The van der Waals surface area contributed by atoms with Gasteiger partial charge in [-0.2, -0.15) is 4.31 Å². The van der Waals surface area contributed by atoms with E-state index >= 15 is 0 Å². The van der Waals surface area contributed by atoms with Crippen molar-refractivity contribution in [2.24, 2.45) is 17.1 Å². The molecule has 21 heavy (non-hydrogen) atoms. The quantitative estimate of drug-likeness (QED) is 0.911. The second-order valence-corrected chi connectivity index (χ2v) is 8.89. The molecule has 1 fully saturated rings. The summed E-state index contributed by atoms with van der Waals surface area (Å²) >= 11 is 12.3. The first-order valence-corrected chi connectivity index (χ1v) is 8.95. The first-order chi connectivity index (χ1) is 9.61. The average molecular weight is 351 g/mol. The molecule has 1 aliphatic heterocycles. The van der Waals surface area contributed by atoms with Gasteiger partial charge in [0.05, 0.1) is 10.0 Å². The normalized spacial score (nSPS) is 22.7. The molecule has 0 saturated carbocycles. The Morgan fingerprint density at radius 1 is 1.38 bits per heavy atom. The number of nitrogens with zero attached hydrogens (tertiary/aromatic N) is 1. The van der Waals surface area contributed by atoms with Crippen molar-refractivity contribution in [3.63, 3.8) is 0 Å². The zero-order valence-electron chi connectivity index (χ0n) is 12.4. The number of rotatable bonds is 3. The van der Waals surface area contributed by atoms with Gasteiger partial charge in [0.25, 0.3) is 0 Å². The minimum atomic E-state index is -3.72. The summed E-state index contributed by atoms with van der Waals surface area (Å²) in [5, 5.41) is 0.344. The third-order valence-corrected chi connectivity index (χ3v) is 7.16. The van der Waals surface area contributed by atoms with E-state index in [9.17, 15) is 8.42 Å². The monoisotopic (exact) mass is 350 g/mol. The second-order valence-electron chi connectivity index (χ2n) is 6.23. The topological polar surface area (TPSA) is 63.4 Å². The van der Waals surface area contributed by atoms with E-state index in [4.69, 9.17) is 28.9 Å². The van der Waals surface area contributed by atoms with Crippen molar-refractivity contribution in [2.45, 2.75) is 25.7 Å². The fourth-order valence-electron chi connectivity index (χ4n) is 2.71. The highest BCUT2D eigenvalue weighted by Crippen LogP contribution is 2.40. The van der Waals surface area contributed by atoms with E-state index in [0.717, 1.165) is 0 Å². The van der Waals surface area contributed by atoms with Gasteiger partial charge < -0.3 is 5.73 Å². The van der Waals surface area contributed by atoms with E-state index in [-0.39, 0.29) is 26.3 Å². The Morgan fingerprint density at radius 3 is 2.52 bits per heavy atom. The molecule has 0 radical (unpaired) electrons. The summed E-state index contributed by atoms with van der Waals surface area (Å²) in [7, 11) is -3.72. The van der Waals surface area contributed by atoms with Gasteiger partial charge in [-0.25, -0.2) is 8.42 Å². The summed E-state index contributed by atoms with van der Waals surface area (Å²) in [6, 6.07) is 3.28. The van der Waals surface area contributed by atoms with Crippen LogP contribution in [0.4, 0.5) is 0 Å². The molecule has 1 aromatic carbocycles. The second kappa shape index (κ2) is 5.70. The van der Waals surface area contributed by atoms with Crippen LogP contribution in [0.25, 0.3) is 0 Å². The van der Waals surface area contributed by atoms with Gasteiger partial charge in [-0.05, 0) is 36.4 Å². The predicted octanol–water partition coefficient (Wildman–Crippen LogP) is 2.91. The molecule has 2 rings (SSSR count). The van der Waals surface area contributed by atoms with Crippen LogP contribution < -0.4 is 5.73 Å². The fraction of sp³-hybridized carbons (Fsp3) is 0.571. The molecule has 1 aromatic rings. The van der Waals surface area contributed by atoms with Crippen molar-refractivity contribution in [2.75, 3.05) is 19.6 Å². The van der Waals surface area contributed by atoms with Crippen molar-refractivity contribution < 1.29 is 8.42 Å². The van der Waals surface area contributed by atoms with Gasteiger partial charge >= 0.3 is 0 Å². The number of benzene rings is 1. The third-order valence-electron chi connectivity index (χ3n) is 4.24. The van der Waals surface area contributed by atoms with E-state index in [1.54, 1.807) is 19.1 Å². The van der Waals surface area contributed by atoms with Gasteiger partial charge in [0.1, 0.15) is 4.90 Å². The average Bonchev–Trinajstić information content (AvgIpc) is 2.70. The molecule has 0 aromatic heterocycles. The predicted molar refractivity (Wildman–Crippen MR) is 86.3 cm³/mol. The maximum atomic E-state index is 12.9. The van der Waals surface area contributed by atoms with Crippen molar-refractivity contribution in [1.82, 2.24) is 4.31 Å². The van der Waals surface area contributed by atoms with Gasteiger partial charge in [0, 0.05) is 13.1 Å². The lowest BCUT2D eigenvalue weighted by Gasteiger charge is -2.24. The van der Waals surface area contributed by atoms with Crippen LogP contribution in [0.15, 0.2) is 17.0 Å². The molecule has 0 spiro atoms. The van der Waals surface area contributed by atoms with Crippen LogP contribution in [0.3, 0.4) is 0 Å². The molecule has 1 saturated heterocycles. The van der Waals surface area contributed by atoms with Crippen LogP contribution in [-0.4, -0.2) is 32.4 Å². The molecule has 0 bridgehead atoms. The highest BCUT2D eigenvalue weighted by atomic mass is 35.5. The number of sulfonamides is 1. The smallest absolute Gasteiger partial charge is 0.246 e. The van der Waals surface area contributed by atoms with Gasteiger partial charge in [-0.3, -0.25) is 0 Å². The molecule has 118 valence electrons. The van der Waals surface area contributed by atoms with Crippen molar-refractivity contribution in [1.29, 1.82) is 0 Å². The number of hydrogen-bond donors (Lipinski definition) is 1. The number of hydrogen-bond acceptors (Lipinski definition) is 3. The van der Waals surface area contributed by atoms with Gasteiger partial charge in [0.15, 0.2) is 0 Å². The van der Waals surface area contributed by atoms with Crippen LogP contribution in [0.2, 0.25) is 10.0 Å². The summed E-state index contributed by atoms with van der Waals surface area (Å²) in [6.45, 7) is 7.08. The standard InChI is InChI=1S/C14H20Cl2N2O2S/c1-9-4-5-11(15)13(12(9)16)21(19,20)18-7-10(6-17)14(2,3)8-18/h4-5,10H,6-8,17H2,1-3H3. The zero-order valence-corrected chi connectivity index (χ0v) is 14.7. The Labute approximate surface area is 136 Å². The van der Waals surface area contributed by atoms with Crippen LogP contribution in [0, 0.1) is 18.3 Å². The first-order valence-electron chi connectivity index (χ1n) is 6.76. The lowest BCUT2D eigenvalue weighted by atomic mass is 9.82. The molecule has 7 heteroatoms. The lowest BCUT2D eigenvalue weighted by Crippen LogP contribution is -2.31. The van der Waals surface area contributed by atoms with E-state index in [1.807, 2.05) is 13.8 Å². The van der Waals surface area contributed by atoms with E-state index < -0.39 is 10.0 Å². The highest BCUT2D eigenvalue weighted by Gasteiger charge is 2.44. The molecular weight excluding hydrogens is 331 g/mol. The molecule has 0 amide bonds. The first kappa shape index (κ1) is 17.0. The van der Waals surface area contributed by atoms with Crippen LogP contribution in [0.5, 0.6) is 0 Å². The van der Waals surface area contributed by atoms with E-state index in [1.165, 1.54) is 4.31 Å². The third kappa shape index (κ3) is 2.94. The Morgan fingerprint density at radius 2 is 2.00 bits per heavy atom. The SMILES string of the molecule is Cc1ccc(Cl)c(S(=O)(=O)N2CC(CN)C(C)(C)C2)c1Cl. The molecule has 4 nitrogen and oxygen atoms in total. The van der Waals surface area contributed by atoms with Crippen molar-refractivity contribution in [3.05, 3.63) is 27.7 Å². The Balaban J connectivity index is 2.48. The van der Waals surface area contributed by atoms with Crippen LogP contribution >= 0.6 is 23.2 Å². The van der Waals surface area contributed by atoms with E-state index in [0.29, 0.717) is 25.2 Å². The Kier molecular flexibility index (Phi) is 4.63. The molecule has 1 unspecified atom stereocenters. The molecular formula is C14H20Cl2N2O2S. The minimum absolute atomic E-state index is 0.000644. The molecule has 2 N–H and O–H groups in total. The number of halogens is 2. The number of nitrogens with two attached hydrogens (primary N) is 1. The van der Waals surface area contributed by atoms with E-state index in [2.05, 4.69) is 0 Å². The zero-order chi connectivity index (χ0) is 16.0. The number of aryl methyl sites for hydroxylation is 1. The van der Waals surface area contributed by atoms with Crippen LogP contribution in [0.1, 0.15) is 19.4 Å². The molecule has 1 heterocycles. The van der Waals surface area contributed by atoms with Gasteiger partial charge in [0.2, 0.25) is 10.0 Å². The summed E-state index contributed by atoms with van der Waals surface area (Å²) in [6.07, 6.45) is 0. The van der Waals surface area contributed by atoms with Crippen LogP contribution in [-0.2, 0) is 10.0 Å². The van der Waals surface area contributed by atoms with Crippen molar-refractivity contribution >= 4 is 33.2 Å².